The number of nitrogens with one attached hydrogen (secondary N) is 1. The quantitative estimate of drug-likeness (QED) is 0.554. The summed E-state index contributed by atoms with van der Waals surface area (Å²) in [4.78, 5) is 0. The van der Waals surface area contributed by atoms with Crippen molar-refractivity contribution in [2.45, 2.75) is 44.8 Å². The molecule has 0 bridgehead atoms. The fourth-order valence-corrected chi connectivity index (χ4v) is 2.18. The Morgan fingerprint density at radius 2 is 2.12 bits per heavy atom. The molecule has 1 rings (SSSR count). The smallest absolute Gasteiger partial charge is 0.0726 e. The monoisotopic (exact) mass is 229 g/mol. The molecule has 2 unspecified atom stereocenters. The Labute approximate surface area is 99.1 Å². The second-order valence-electron chi connectivity index (χ2n) is 4.90. The van der Waals surface area contributed by atoms with E-state index < -0.39 is 0 Å². The van der Waals surface area contributed by atoms with Gasteiger partial charge in [0.25, 0.3) is 0 Å². The first-order chi connectivity index (χ1) is 7.74. The van der Waals surface area contributed by atoms with E-state index in [0.717, 1.165) is 32.5 Å². The van der Waals surface area contributed by atoms with Crippen LogP contribution >= 0.6 is 0 Å². The van der Waals surface area contributed by atoms with Crippen molar-refractivity contribution in [1.29, 1.82) is 0 Å². The topological polar surface area (TPSA) is 73.3 Å². The molecule has 0 aromatic rings. The molecular weight excluding hydrogens is 202 g/mol. The molecule has 0 saturated carbocycles. The highest BCUT2D eigenvalue weighted by molar-refractivity contribution is 4.79. The average molecular weight is 229 g/mol. The number of rotatable bonds is 7. The van der Waals surface area contributed by atoms with Gasteiger partial charge in [-0.15, -0.1) is 0 Å². The van der Waals surface area contributed by atoms with Crippen LogP contribution < -0.4 is 16.8 Å². The van der Waals surface area contributed by atoms with Gasteiger partial charge in [-0.25, -0.2) is 0 Å². The summed E-state index contributed by atoms with van der Waals surface area (Å²) in [6, 6.07) is 0.232. The lowest BCUT2D eigenvalue weighted by molar-refractivity contribution is -0.0287. The molecule has 5 N–H and O–H groups in total. The Hall–Kier alpha value is -0.160. The van der Waals surface area contributed by atoms with Crippen LogP contribution in [-0.4, -0.2) is 38.4 Å². The molecule has 1 aliphatic heterocycles. The van der Waals surface area contributed by atoms with E-state index in [-0.39, 0.29) is 6.04 Å². The van der Waals surface area contributed by atoms with Crippen molar-refractivity contribution in [3.8, 4) is 0 Å². The van der Waals surface area contributed by atoms with Gasteiger partial charge in [0, 0.05) is 12.6 Å². The molecule has 4 nitrogen and oxygen atoms in total. The number of nitrogens with two attached hydrogens (primary N) is 2. The zero-order chi connectivity index (χ0) is 11.8. The molecule has 0 aromatic carbocycles. The third-order valence-electron chi connectivity index (χ3n) is 3.24. The molecule has 0 aliphatic carbocycles. The highest BCUT2D eigenvalue weighted by atomic mass is 16.5. The van der Waals surface area contributed by atoms with Gasteiger partial charge in [-0.1, -0.05) is 13.3 Å². The number of ether oxygens (including phenoxy) is 1. The van der Waals surface area contributed by atoms with Crippen molar-refractivity contribution in [2.24, 2.45) is 17.4 Å². The summed E-state index contributed by atoms with van der Waals surface area (Å²) in [6.07, 6.45) is 4.98. The van der Waals surface area contributed by atoms with E-state index in [1.807, 2.05) is 0 Å². The molecule has 1 fully saturated rings. The maximum Gasteiger partial charge on any atom is 0.0726 e. The second-order valence-corrected chi connectivity index (χ2v) is 4.90. The SMILES string of the molecule is CC1C[C@@H](N)COC1CNCCCCCN. The van der Waals surface area contributed by atoms with Gasteiger partial charge in [-0.2, -0.15) is 0 Å². The van der Waals surface area contributed by atoms with Crippen LogP contribution in [0.4, 0.5) is 0 Å². The summed E-state index contributed by atoms with van der Waals surface area (Å²) < 4.78 is 5.72. The lowest BCUT2D eigenvalue weighted by Gasteiger charge is -2.32. The summed E-state index contributed by atoms with van der Waals surface area (Å²) in [6.45, 7) is 5.76. The Kier molecular flexibility index (Phi) is 6.96. The molecule has 96 valence electrons. The minimum atomic E-state index is 0.232. The summed E-state index contributed by atoms with van der Waals surface area (Å²) in [7, 11) is 0. The normalized spacial score (nSPS) is 30.6. The molecule has 4 heteroatoms. The van der Waals surface area contributed by atoms with E-state index in [2.05, 4.69) is 12.2 Å². The van der Waals surface area contributed by atoms with Crippen LogP contribution in [0.5, 0.6) is 0 Å². The van der Waals surface area contributed by atoms with Crippen LogP contribution in [0.3, 0.4) is 0 Å². The third kappa shape index (κ3) is 5.25. The van der Waals surface area contributed by atoms with Gasteiger partial charge in [0.2, 0.25) is 0 Å². The van der Waals surface area contributed by atoms with Gasteiger partial charge < -0.3 is 21.5 Å². The third-order valence-corrected chi connectivity index (χ3v) is 3.24. The van der Waals surface area contributed by atoms with Crippen LogP contribution in [0.1, 0.15) is 32.6 Å². The van der Waals surface area contributed by atoms with Crippen molar-refractivity contribution in [2.75, 3.05) is 26.2 Å². The molecule has 0 aromatic heterocycles. The number of unbranched alkanes of at least 4 members (excludes halogenated alkanes) is 2. The van der Waals surface area contributed by atoms with Gasteiger partial charge in [-0.05, 0) is 38.3 Å². The Morgan fingerprint density at radius 3 is 2.81 bits per heavy atom. The van der Waals surface area contributed by atoms with Gasteiger partial charge >= 0.3 is 0 Å². The molecular formula is C12H27N3O. The molecule has 1 saturated heterocycles. The summed E-state index contributed by atoms with van der Waals surface area (Å²) in [5.74, 6) is 0.570. The van der Waals surface area contributed by atoms with Gasteiger partial charge in [0.05, 0.1) is 12.7 Å². The van der Waals surface area contributed by atoms with E-state index in [4.69, 9.17) is 16.2 Å². The molecule has 3 atom stereocenters. The Morgan fingerprint density at radius 1 is 1.31 bits per heavy atom. The van der Waals surface area contributed by atoms with Gasteiger partial charge in [0.15, 0.2) is 0 Å². The average Bonchev–Trinajstić information content (AvgIpc) is 2.26. The van der Waals surface area contributed by atoms with Gasteiger partial charge in [0.1, 0.15) is 0 Å². The van der Waals surface area contributed by atoms with E-state index in [0.29, 0.717) is 18.6 Å². The molecule has 0 spiro atoms. The van der Waals surface area contributed by atoms with Crippen LogP contribution in [0.15, 0.2) is 0 Å². The zero-order valence-corrected chi connectivity index (χ0v) is 10.5. The lowest BCUT2D eigenvalue weighted by atomic mass is 9.94. The lowest BCUT2D eigenvalue weighted by Crippen LogP contribution is -2.45. The minimum absolute atomic E-state index is 0.232. The van der Waals surface area contributed by atoms with Crippen LogP contribution in [0.25, 0.3) is 0 Å². The Bertz CT molecular complexity index is 178. The summed E-state index contributed by atoms with van der Waals surface area (Å²) >= 11 is 0. The van der Waals surface area contributed by atoms with E-state index in [1.165, 1.54) is 12.8 Å². The molecule has 0 radical (unpaired) electrons. The first-order valence-corrected chi connectivity index (χ1v) is 6.52. The summed E-state index contributed by atoms with van der Waals surface area (Å²) in [5, 5.41) is 3.45. The van der Waals surface area contributed by atoms with Crippen molar-refractivity contribution in [3.63, 3.8) is 0 Å². The standard InChI is InChI=1S/C12H27N3O/c1-10-7-11(14)9-16-12(10)8-15-6-4-2-3-5-13/h10-12,15H,2-9,13-14H2,1H3/t10?,11-,12?/m1/s1. The molecule has 1 aliphatic rings. The van der Waals surface area contributed by atoms with E-state index in [1.54, 1.807) is 0 Å². The van der Waals surface area contributed by atoms with E-state index >= 15 is 0 Å². The highest BCUT2D eigenvalue weighted by Crippen LogP contribution is 2.18. The largest absolute Gasteiger partial charge is 0.375 e. The fourth-order valence-electron chi connectivity index (χ4n) is 2.18. The molecule has 1 heterocycles. The first kappa shape index (κ1) is 13.9. The molecule has 0 amide bonds. The first-order valence-electron chi connectivity index (χ1n) is 6.52. The Balaban J connectivity index is 2.00. The summed E-state index contributed by atoms with van der Waals surface area (Å²) in [5.41, 5.74) is 11.3. The zero-order valence-electron chi connectivity index (χ0n) is 10.5. The number of hydrogen-bond acceptors (Lipinski definition) is 4. The maximum atomic E-state index is 5.84. The second kappa shape index (κ2) is 8.01. The predicted molar refractivity (Wildman–Crippen MR) is 67.3 cm³/mol. The fraction of sp³-hybridized carbons (Fsp3) is 1.00. The van der Waals surface area contributed by atoms with Crippen molar-refractivity contribution < 1.29 is 4.74 Å². The minimum Gasteiger partial charge on any atom is -0.375 e. The van der Waals surface area contributed by atoms with E-state index in [9.17, 15) is 0 Å². The van der Waals surface area contributed by atoms with Gasteiger partial charge in [-0.3, -0.25) is 0 Å². The van der Waals surface area contributed by atoms with Crippen LogP contribution in [0, 0.1) is 5.92 Å². The predicted octanol–water partition coefficient (Wildman–Crippen LogP) is 0.457. The van der Waals surface area contributed by atoms with Crippen molar-refractivity contribution >= 4 is 0 Å². The van der Waals surface area contributed by atoms with Crippen LogP contribution in [-0.2, 0) is 4.74 Å². The highest BCUT2D eigenvalue weighted by Gasteiger charge is 2.25. The maximum absolute atomic E-state index is 5.84. The van der Waals surface area contributed by atoms with Crippen molar-refractivity contribution in [1.82, 2.24) is 5.32 Å². The van der Waals surface area contributed by atoms with Crippen LogP contribution in [0.2, 0.25) is 0 Å². The van der Waals surface area contributed by atoms with Crippen molar-refractivity contribution in [3.05, 3.63) is 0 Å². The molecule has 16 heavy (non-hydrogen) atoms. The number of hydrogen-bond donors (Lipinski definition) is 3.